The molecular formula is C23H22ClN3O2. The summed E-state index contributed by atoms with van der Waals surface area (Å²) in [5.74, 6) is 0.409. The summed E-state index contributed by atoms with van der Waals surface area (Å²) in [4.78, 5) is 9.05. The number of nitrogens with zero attached hydrogens (tertiary/aromatic N) is 2. The number of nitrogens with two attached hydrogens (primary N) is 1. The lowest BCUT2D eigenvalue weighted by atomic mass is 10.0. The molecule has 0 spiro atoms. The molecule has 0 aliphatic carbocycles. The Bertz CT molecular complexity index is 1160. The van der Waals surface area contributed by atoms with Crippen molar-refractivity contribution in [3.8, 4) is 17.1 Å². The number of rotatable bonds is 6. The number of allylic oxidation sites excluding steroid dienone is 1. The van der Waals surface area contributed by atoms with Gasteiger partial charge in [-0.1, -0.05) is 54.6 Å². The topological polar surface area (TPSA) is 70.3 Å². The van der Waals surface area contributed by atoms with Crippen molar-refractivity contribution in [1.82, 2.24) is 9.97 Å². The molecule has 0 aliphatic rings. The van der Waals surface area contributed by atoms with E-state index in [1.54, 1.807) is 19.4 Å². The van der Waals surface area contributed by atoms with E-state index in [1.807, 2.05) is 55.5 Å². The predicted octanol–water partition coefficient (Wildman–Crippen LogP) is 3.17. The second-order valence-electron chi connectivity index (χ2n) is 6.26. The molecule has 2 heterocycles. The van der Waals surface area contributed by atoms with Gasteiger partial charge < -0.3 is 15.2 Å². The van der Waals surface area contributed by atoms with Crippen molar-refractivity contribution < 1.29 is 9.47 Å². The van der Waals surface area contributed by atoms with Crippen LogP contribution >= 0.6 is 11.6 Å². The maximum atomic E-state index is 6.52. The second kappa shape index (κ2) is 9.37. The first-order valence-electron chi connectivity index (χ1n) is 8.99. The number of hydrogen-bond acceptors (Lipinski definition) is 5. The van der Waals surface area contributed by atoms with Gasteiger partial charge in [0.05, 0.1) is 11.4 Å². The average molecular weight is 408 g/mol. The maximum Gasteiger partial charge on any atom is 0.188 e. The fourth-order valence-electron chi connectivity index (χ4n) is 3.03. The summed E-state index contributed by atoms with van der Waals surface area (Å²) in [6, 6.07) is 15.4. The Kier molecular flexibility index (Phi) is 6.65. The predicted molar refractivity (Wildman–Crippen MR) is 117 cm³/mol. The van der Waals surface area contributed by atoms with Crippen molar-refractivity contribution in [2.24, 2.45) is 5.73 Å². The van der Waals surface area contributed by atoms with Crippen molar-refractivity contribution in [2.75, 3.05) is 13.9 Å². The molecule has 0 unspecified atom stereocenters. The van der Waals surface area contributed by atoms with Crippen LogP contribution in [0.25, 0.3) is 23.2 Å². The van der Waals surface area contributed by atoms with Gasteiger partial charge in [0, 0.05) is 24.6 Å². The van der Waals surface area contributed by atoms with Gasteiger partial charge in [0.15, 0.2) is 17.7 Å². The van der Waals surface area contributed by atoms with Crippen LogP contribution in [0, 0.1) is 6.92 Å². The zero-order chi connectivity index (χ0) is 20.8. The Morgan fingerprint density at radius 3 is 2.62 bits per heavy atom. The van der Waals surface area contributed by atoms with Gasteiger partial charge in [0.25, 0.3) is 0 Å². The van der Waals surface area contributed by atoms with E-state index in [1.165, 1.54) is 0 Å². The summed E-state index contributed by atoms with van der Waals surface area (Å²) in [6.45, 7) is 5.96. The van der Waals surface area contributed by atoms with Gasteiger partial charge in [-0.25, -0.2) is 4.98 Å². The fraction of sp³-hybridized carbons (Fsp3) is 0.130. The molecule has 2 N–H and O–H groups in total. The molecule has 0 radical (unpaired) electrons. The summed E-state index contributed by atoms with van der Waals surface area (Å²) in [7, 11) is 1.54. The third-order valence-electron chi connectivity index (χ3n) is 4.33. The standard InChI is InChI=1S/C23H22ClN3O2/c1-4-17(18-10-6-5-9-16(18)13-25)19-12-21(20-11-7-8-15(2)26-20)27-23(24)22(19)29-14-28-3/h4-13H,1,14,25H2,2-3H3/b16-13-,18-17+. The minimum Gasteiger partial charge on any atom is -0.464 e. The number of hydrogen-bond donors (Lipinski definition) is 1. The minimum atomic E-state index is 0.0333. The van der Waals surface area contributed by atoms with Crippen LogP contribution in [0.4, 0.5) is 0 Å². The van der Waals surface area contributed by atoms with Gasteiger partial charge in [-0.05, 0) is 41.1 Å². The number of benzene rings is 1. The lowest BCUT2D eigenvalue weighted by Gasteiger charge is -2.15. The number of aryl methyl sites for hydroxylation is 1. The van der Waals surface area contributed by atoms with Gasteiger partial charge in [0.1, 0.15) is 0 Å². The van der Waals surface area contributed by atoms with Crippen molar-refractivity contribution in [2.45, 2.75) is 6.92 Å². The molecule has 2 aromatic heterocycles. The molecule has 1 aromatic carbocycles. The first kappa shape index (κ1) is 20.6. The maximum absolute atomic E-state index is 6.52. The highest BCUT2D eigenvalue weighted by Gasteiger charge is 2.17. The molecule has 0 bridgehead atoms. The number of ether oxygens (including phenoxy) is 2. The number of aromatic nitrogens is 2. The second-order valence-corrected chi connectivity index (χ2v) is 6.62. The van der Waals surface area contributed by atoms with E-state index >= 15 is 0 Å². The SMILES string of the molecule is C=C/C(c1cc(-c2cccc(C)n2)nc(Cl)c1OCOC)=c1/cccc/c1=C/N. The van der Waals surface area contributed by atoms with Crippen LogP contribution in [-0.4, -0.2) is 23.9 Å². The third kappa shape index (κ3) is 4.47. The van der Waals surface area contributed by atoms with E-state index in [0.29, 0.717) is 17.1 Å². The average Bonchev–Trinajstić information content (AvgIpc) is 2.74. The molecule has 3 rings (SSSR count). The zero-order valence-electron chi connectivity index (χ0n) is 16.4. The highest BCUT2D eigenvalue weighted by Crippen LogP contribution is 2.35. The largest absolute Gasteiger partial charge is 0.464 e. The van der Waals surface area contributed by atoms with Crippen molar-refractivity contribution in [1.29, 1.82) is 0 Å². The highest BCUT2D eigenvalue weighted by atomic mass is 35.5. The van der Waals surface area contributed by atoms with Crippen LogP contribution < -0.4 is 20.9 Å². The summed E-state index contributed by atoms with van der Waals surface area (Å²) in [5.41, 5.74) is 9.61. The molecule has 0 saturated heterocycles. The van der Waals surface area contributed by atoms with Crippen LogP contribution in [-0.2, 0) is 4.74 Å². The Morgan fingerprint density at radius 1 is 1.14 bits per heavy atom. The van der Waals surface area contributed by atoms with Crippen molar-refractivity contribution in [3.05, 3.63) is 88.0 Å². The van der Waals surface area contributed by atoms with E-state index in [2.05, 4.69) is 16.5 Å². The zero-order valence-corrected chi connectivity index (χ0v) is 17.1. The Hall–Kier alpha value is -3.15. The van der Waals surface area contributed by atoms with E-state index in [0.717, 1.165) is 27.3 Å². The number of methoxy groups -OCH3 is 1. The Morgan fingerprint density at radius 2 is 1.93 bits per heavy atom. The van der Waals surface area contributed by atoms with Crippen molar-refractivity contribution >= 4 is 23.4 Å². The minimum absolute atomic E-state index is 0.0333. The first-order chi connectivity index (χ1) is 14.1. The lowest BCUT2D eigenvalue weighted by molar-refractivity contribution is 0.0507. The van der Waals surface area contributed by atoms with E-state index in [9.17, 15) is 0 Å². The molecule has 0 aliphatic heterocycles. The summed E-state index contributed by atoms with van der Waals surface area (Å²) < 4.78 is 10.8. The van der Waals surface area contributed by atoms with Crippen LogP contribution in [0.1, 0.15) is 11.3 Å². The quantitative estimate of drug-likeness (QED) is 0.502. The van der Waals surface area contributed by atoms with Gasteiger partial charge in [-0.2, -0.15) is 0 Å². The highest BCUT2D eigenvalue weighted by molar-refractivity contribution is 6.31. The molecule has 0 saturated carbocycles. The normalized spacial score (nSPS) is 12.6. The van der Waals surface area contributed by atoms with Crippen LogP contribution in [0.5, 0.6) is 5.75 Å². The molecule has 0 atom stereocenters. The first-order valence-corrected chi connectivity index (χ1v) is 9.37. The fourth-order valence-corrected chi connectivity index (χ4v) is 3.27. The molecule has 5 nitrogen and oxygen atoms in total. The summed E-state index contributed by atoms with van der Waals surface area (Å²) in [6.07, 6.45) is 3.31. The smallest absolute Gasteiger partial charge is 0.188 e. The van der Waals surface area contributed by atoms with Gasteiger partial charge in [-0.15, -0.1) is 0 Å². The van der Waals surface area contributed by atoms with Gasteiger partial charge in [0.2, 0.25) is 0 Å². The monoisotopic (exact) mass is 407 g/mol. The van der Waals surface area contributed by atoms with Crippen LogP contribution in [0.2, 0.25) is 5.15 Å². The molecule has 0 fully saturated rings. The Labute approximate surface area is 174 Å². The van der Waals surface area contributed by atoms with Crippen LogP contribution in [0.3, 0.4) is 0 Å². The molecule has 0 amide bonds. The van der Waals surface area contributed by atoms with E-state index in [4.69, 9.17) is 26.8 Å². The van der Waals surface area contributed by atoms with Gasteiger partial charge >= 0.3 is 0 Å². The van der Waals surface area contributed by atoms with Crippen molar-refractivity contribution in [3.63, 3.8) is 0 Å². The summed E-state index contributed by atoms with van der Waals surface area (Å²) >= 11 is 6.52. The molecular weight excluding hydrogens is 386 g/mol. The van der Waals surface area contributed by atoms with E-state index < -0.39 is 0 Å². The number of pyridine rings is 2. The van der Waals surface area contributed by atoms with Crippen LogP contribution in [0.15, 0.2) is 61.2 Å². The molecule has 29 heavy (non-hydrogen) atoms. The third-order valence-corrected chi connectivity index (χ3v) is 4.58. The van der Waals surface area contributed by atoms with Gasteiger partial charge in [-0.3, -0.25) is 4.98 Å². The summed E-state index contributed by atoms with van der Waals surface area (Å²) in [5, 5.41) is 1.98. The molecule has 148 valence electrons. The lowest BCUT2D eigenvalue weighted by Crippen LogP contribution is -2.28. The molecule has 3 aromatic rings. The Balaban J connectivity index is 2.36. The van der Waals surface area contributed by atoms with E-state index in [-0.39, 0.29) is 11.9 Å². The molecule has 6 heteroatoms. The number of halogens is 1.